The highest BCUT2D eigenvalue weighted by Gasteiger charge is 2.26. The second-order valence-electron chi connectivity index (χ2n) is 4.78. The molecular weight excluding hydrogens is 255 g/mol. The summed E-state index contributed by atoms with van der Waals surface area (Å²) in [6.45, 7) is 2.06. The monoisotopic (exact) mass is 274 g/mol. The molecule has 0 aliphatic carbocycles. The van der Waals surface area contributed by atoms with Gasteiger partial charge in [-0.05, 0) is 23.5 Å². The summed E-state index contributed by atoms with van der Waals surface area (Å²) in [4.78, 5) is 19.5. The first-order valence-corrected chi connectivity index (χ1v) is 7.76. The molecule has 100 valence electrons. The Morgan fingerprint density at radius 2 is 1.42 bits per heavy atom. The molecule has 0 fully saturated rings. The van der Waals surface area contributed by atoms with E-state index in [1.807, 2.05) is 60.7 Å². The van der Waals surface area contributed by atoms with Gasteiger partial charge in [-0.2, -0.15) is 0 Å². The van der Waals surface area contributed by atoms with E-state index in [2.05, 4.69) is 6.92 Å². The van der Waals surface area contributed by atoms with E-state index < -0.39 is 8.38 Å². The maximum absolute atomic E-state index is 9.73. The lowest BCUT2D eigenvalue weighted by Gasteiger charge is -2.25. The zero-order chi connectivity index (χ0) is 13.7. The molecule has 0 aromatic heterocycles. The van der Waals surface area contributed by atoms with Crippen molar-refractivity contribution in [2.75, 3.05) is 0 Å². The summed E-state index contributed by atoms with van der Waals surface area (Å²) in [5, 5.41) is 0. The molecule has 2 atom stereocenters. The normalized spacial score (nSPS) is 14.3. The number of rotatable bonds is 5. The Kier molecular flexibility index (Phi) is 5.09. The van der Waals surface area contributed by atoms with E-state index in [1.54, 1.807) is 0 Å². The van der Waals surface area contributed by atoms with Crippen molar-refractivity contribution >= 4 is 8.38 Å². The van der Waals surface area contributed by atoms with E-state index in [1.165, 1.54) is 0 Å². The van der Waals surface area contributed by atoms with Crippen LogP contribution in [-0.2, 0) is 6.42 Å². The molecule has 0 aliphatic heterocycles. The van der Waals surface area contributed by atoms with Gasteiger partial charge in [0, 0.05) is 5.66 Å². The number of hydrogen-bond acceptors (Lipinski definition) is 2. The van der Waals surface area contributed by atoms with Crippen LogP contribution in [0.1, 0.15) is 24.0 Å². The van der Waals surface area contributed by atoms with Gasteiger partial charge in [-0.1, -0.05) is 67.6 Å². The molecule has 0 bridgehead atoms. The van der Waals surface area contributed by atoms with Crippen LogP contribution in [0.3, 0.4) is 0 Å². The highest BCUT2D eigenvalue weighted by atomic mass is 31.2. The van der Waals surface area contributed by atoms with E-state index >= 15 is 0 Å². The number of benzene rings is 2. The summed E-state index contributed by atoms with van der Waals surface area (Å²) < 4.78 is 0. The van der Waals surface area contributed by atoms with Gasteiger partial charge in [0.05, 0.1) is 0 Å². The van der Waals surface area contributed by atoms with Crippen molar-refractivity contribution in [3.8, 4) is 0 Å². The van der Waals surface area contributed by atoms with Gasteiger partial charge in [-0.15, -0.1) is 0 Å². The van der Waals surface area contributed by atoms with Crippen LogP contribution < -0.4 is 0 Å². The Morgan fingerprint density at radius 1 is 0.895 bits per heavy atom. The predicted molar refractivity (Wildman–Crippen MR) is 80.1 cm³/mol. The van der Waals surface area contributed by atoms with Crippen molar-refractivity contribution < 1.29 is 9.79 Å². The fourth-order valence-electron chi connectivity index (χ4n) is 2.29. The average molecular weight is 274 g/mol. The average Bonchev–Trinajstić information content (AvgIpc) is 2.46. The topological polar surface area (TPSA) is 40.5 Å². The summed E-state index contributed by atoms with van der Waals surface area (Å²) in [5.74, 6) is 0.127. The Balaban J connectivity index is 2.17. The molecule has 0 spiro atoms. The van der Waals surface area contributed by atoms with Gasteiger partial charge < -0.3 is 9.79 Å². The van der Waals surface area contributed by atoms with Crippen LogP contribution in [0, 0.1) is 0 Å². The largest absolute Gasteiger partial charge is 0.350 e. The third-order valence-electron chi connectivity index (χ3n) is 3.49. The third kappa shape index (κ3) is 3.87. The van der Waals surface area contributed by atoms with Crippen LogP contribution in [0.5, 0.6) is 0 Å². The van der Waals surface area contributed by atoms with Crippen molar-refractivity contribution in [1.82, 2.24) is 0 Å². The fraction of sp³-hybridized carbons (Fsp3) is 0.250. The Bertz CT molecular complexity index is 485. The van der Waals surface area contributed by atoms with E-state index in [-0.39, 0.29) is 11.6 Å². The first kappa shape index (κ1) is 14.2. The van der Waals surface area contributed by atoms with Crippen molar-refractivity contribution in [2.24, 2.45) is 0 Å². The summed E-state index contributed by atoms with van der Waals surface area (Å²) in [6, 6.07) is 20.0. The van der Waals surface area contributed by atoms with Crippen LogP contribution in [0.15, 0.2) is 60.7 Å². The van der Waals surface area contributed by atoms with E-state index in [0.29, 0.717) is 6.42 Å². The second-order valence-corrected chi connectivity index (χ2v) is 6.08. The van der Waals surface area contributed by atoms with Gasteiger partial charge in [0.1, 0.15) is 0 Å². The molecule has 0 heterocycles. The van der Waals surface area contributed by atoms with Gasteiger partial charge in [-0.25, -0.2) is 0 Å². The molecule has 0 aliphatic rings. The Morgan fingerprint density at radius 3 is 1.95 bits per heavy atom. The molecule has 19 heavy (non-hydrogen) atoms. The lowest BCUT2D eigenvalue weighted by Crippen LogP contribution is -2.17. The van der Waals surface area contributed by atoms with Gasteiger partial charge in [0.15, 0.2) is 8.38 Å². The Labute approximate surface area is 115 Å². The van der Waals surface area contributed by atoms with Crippen molar-refractivity contribution in [2.45, 2.75) is 24.9 Å². The van der Waals surface area contributed by atoms with Gasteiger partial charge in [0.2, 0.25) is 0 Å². The highest BCUT2D eigenvalue weighted by molar-refractivity contribution is 7.46. The molecule has 3 heteroatoms. The highest BCUT2D eigenvalue weighted by Crippen LogP contribution is 2.42. The SMILES string of the molecule is CC(c1ccccc1)C(Cc1ccccc1)P(O)O. The van der Waals surface area contributed by atoms with Crippen molar-refractivity contribution in [1.29, 1.82) is 0 Å². The minimum atomic E-state index is -1.95. The van der Waals surface area contributed by atoms with Crippen LogP contribution in [-0.4, -0.2) is 15.4 Å². The maximum Gasteiger partial charge on any atom is 0.169 e. The minimum absolute atomic E-state index is 0.127. The summed E-state index contributed by atoms with van der Waals surface area (Å²) >= 11 is 0. The van der Waals surface area contributed by atoms with Gasteiger partial charge in [0.25, 0.3) is 0 Å². The van der Waals surface area contributed by atoms with Crippen LogP contribution >= 0.6 is 8.38 Å². The molecule has 0 saturated carbocycles. The molecule has 0 amide bonds. The van der Waals surface area contributed by atoms with Crippen LogP contribution in [0.2, 0.25) is 0 Å². The smallest absolute Gasteiger partial charge is 0.169 e. The zero-order valence-corrected chi connectivity index (χ0v) is 11.9. The molecule has 2 N–H and O–H groups in total. The fourth-order valence-corrected chi connectivity index (χ4v) is 3.24. The molecule has 2 rings (SSSR count). The minimum Gasteiger partial charge on any atom is -0.350 e. The maximum atomic E-state index is 9.73. The standard InChI is InChI=1S/C16H19O2P/c1-13(15-10-6-3-7-11-15)16(19(17)18)12-14-8-4-2-5-9-14/h2-11,13,16-18H,12H2,1H3. The first-order chi connectivity index (χ1) is 9.18. The third-order valence-corrected chi connectivity index (χ3v) is 4.71. The van der Waals surface area contributed by atoms with E-state index in [0.717, 1.165) is 11.1 Å². The summed E-state index contributed by atoms with van der Waals surface area (Å²) in [6.07, 6.45) is 0.690. The molecule has 2 unspecified atom stereocenters. The molecule has 0 radical (unpaired) electrons. The quantitative estimate of drug-likeness (QED) is 0.816. The Hall–Kier alpha value is -1.21. The molecule has 0 saturated heterocycles. The van der Waals surface area contributed by atoms with Gasteiger partial charge >= 0.3 is 0 Å². The molecule has 2 aromatic rings. The number of hydrogen-bond donors (Lipinski definition) is 2. The second kappa shape index (κ2) is 6.81. The van der Waals surface area contributed by atoms with Crippen LogP contribution in [0.4, 0.5) is 0 Å². The van der Waals surface area contributed by atoms with Gasteiger partial charge in [-0.3, -0.25) is 0 Å². The molecule has 2 aromatic carbocycles. The summed E-state index contributed by atoms with van der Waals surface area (Å²) in [7, 11) is -1.95. The first-order valence-electron chi connectivity index (χ1n) is 6.44. The lowest BCUT2D eigenvalue weighted by atomic mass is 9.93. The van der Waals surface area contributed by atoms with Crippen molar-refractivity contribution in [3.05, 3.63) is 71.8 Å². The van der Waals surface area contributed by atoms with E-state index in [4.69, 9.17) is 0 Å². The van der Waals surface area contributed by atoms with Crippen molar-refractivity contribution in [3.63, 3.8) is 0 Å². The molecular formula is C16H19O2P. The lowest BCUT2D eigenvalue weighted by molar-refractivity contribution is 0.450. The van der Waals surface area contributed by atoms with Crippen LogP contribution in [0.25, 0.3) is 0 Å². The van der Waals surface area contributed by atoms with E-state index in [9.17, 15) is 9.79 Å². The summed E-state index contributed by atoms with van der Waals surface area (Å²) in [5.41, 5.74) is 2.16. The predicted octanol–water partition coefficient (Wildman–Crippen LogP) is 3.70. The zero-order valence-electron chi connectivity index (χ0n) is 11.0. The molecule has 2 nitrogen and oxygen atoms in total.